The zero-order valence-electron chi connectivity index (χ0n) is 13.9. The maximum atomic E-state index is 12.2. The van der Waals surface area contributed by atoms with Gasteiger partial charge in [0.1, 0.15) is 6.54 Å². The van der Waals surface area contributed by atoms with Gasteiger partial charge in [-0.1, -0.05) is 19.4 Å². The minimum absolute atomic E-state index is 0.0226. The second kappa shape index (κ2) is 7.65. The first-order valence-electron chi connectivity index (χ1n) is 7.52. The summed E-state index contributed by atoms with van der Waals surface area (Å²) in [5.74, 6) is -1.29. The summed E-state index contributed by atoms with van der Waals surface area (Å²) in [5.41, 5.74) is 5.90. The predicted molar refractivity (Wildman–Crippen MR) is 85.7 cm³/mol. The fraction of sp³-hybridized carbons (Fsp3) is 0.500. The predicted octanol–water partition coefficient (Wildman–Crippen LogP) is 2.74. The molecule has 0 bridgehead atoms. The van der Waals surface area contributed by atoms with Crippen molar-refractivity contribution >= 4 is 17.5 Å². The molecule has 1 unspecified atom stereocenters. The van der Waals surface area contributed by atoms with Crippen molar-refractivity contribution < 1.29 is 22.8 Å². The van der Waals surface area contributed by atoms with Crippen LogP contribution in [0.15, 0.2) is 18.2 Å². The monoisotopic (exact) mass is 345 g/mol. The van der Waals surface area contributed by atoms with Gasteiger partial charge in [-0.25, -0.2) is 0 Å². The molecule has 0 aliphatic rings. The smallest absolute Gasteiger partial charge is 0.343 e. The lowest BCUT2D eigenvalue weighted by atomic mass is 9.96. The van der Waals surface area contributed by atoms with E-state index < -0.39 is 30.1 Å². The Balaban J connectivity index is 2.90. The fourth-order valence-electron chi connectivity index (χ4n) is 2.08. The van der Waals surface area contributed by atoms with Crippen LogP contribution in [0.5, 0.6) is 0 Å². The highest BCUT2D eigenvalue weighted by Crippen LogP contribution is 2.20. The molecule has 0 saturated heterocycles. The van der Waals surface area contributed by atoms with E-state index in [-0.39, 0.29) is 5.56 Å². The van der Waals surface area contributed by atoms with Gasteiger partial charge in [0.2, 0.25) is 5.91 Å². The number of hydrogen-bond donors (Lipinski definition) is 3. The second-order valence-electron chi connectivity index (χ2n) is 5.95. The van der Waals surface area contributed by atoms with Gasteiger partial charge in [-0.15, -0.1) is 0 Å². The largest absolute Gasteiger partial charge is 0.405 e. The first-order valence-corrected chi connectivity index (χ1v) is 7.52. The zero-order chi connectivity index (χ0) is 18.5. The molecule has 0 fully saturated rings. The summed E-state index contributed by atoms with van der Waals surface area (Å²) in [6.45, 7) is 3.79. The van der Waals surface area contributed by atoms with Crippen LogP contribution in [0.25, 0.3) is 0 Å². The van der Waals surface area contributed by atoms with E-state index in [1.165, 1.54) is 12.1 Å². The molecule has 4 N–H and O–H groups in total. The van der Waals surface area contributed by atoms with Gasteiger partial charge in [0.15, 0.2) is 0 Å². The first-order chi connectivity index (χ1) is 11.0. The summed E-state index contributed by atoms with van der Waals surface area (Å²) >= 11 is 0. The molecule has 5 nitrogen and oxygen atoms in total. The lowest BCUT2D eigenvalue weighted by molar-refractivity contribution is -0.123. The van der Waals surface area contributed by atoms with Gasteiger partial charge in [-0.2, -0.15) is 13.2 Å². The van der Waals surface area contributed by atoms with Crippen molar-refractivity contribution in [3.8, 4) is 0 Å². The second-order valence-corrected chi connectivity index (χ2v) is 5.95. The van der Waals surface area contributed by atoms with Crippen LogP contribution in [-0.2, 0) is 4.79 Å². The van der Waals surface area contributed by atoms with E-state index >= 15 is 0 Å². The van der Waals surface area contributed by atoms with Gasteiger partial charge in [0.25, 0.3) is 5.91 Å². The first kappa shape index (κ1) is 20.0. The number of anilines is 1. The van der Waals surface area contributed by atoms with E-state index in [1.807, 2.05) is 6.92 Å². The molecule has 1 aromatic carbocycles. The molecular weight excluding hydrogens is 323 g/mol. The topological polar surface area (TPSA) is 84.2 Å². The maximum Gasteiger partial charge on any atom is 0.405 e. The molecule has 1 rings (SSSR count). The van der Waals surface area contributed by atoms with E-state index in [1.54, 1.807) is 25.2 Å². The highest BCUT2D eigenvalue weighted by molar-refractivity contribution is 6.00. The van der Waals surface area contributed by atoms with Crippen LogP contribution >= 0.6 is 0 Å². The van der Waals surface area contributed by atoms with Crippen LogP contribution < -0.4 is 16.4 Å². The Morgan fingerprint density at radius 1 is 1.25 bits per heavy atom. The van der Waals surface area contributed by atoms with Gasteiger partial charge in [0, 0.05) is 11.3 Å². The van der Waals surface area contributed by atoms with Gasteiger partial charge < -0.3 is 16.4 Å². The van der Waals surface area contributed by atoms with E-state index in [4.69, 9.17) is 5.73 Å². The molecule has 8 heteroatoms. The van der Waals surface area contributed by atoms with Crippen molar-refractivity contribution in [2.24, 2.45) is 5.73 Å². The van der Waals surface area contributed by atoms with Gasteiger partial charge in [-0.05, 0) is 38.0 Å². The number of amides is 2. The number of nitrogens with two attached hydrogens (primary N) is 1. The number of benzene rings is 1. The Labute approximate surface area is 138 Å². The maximum absolute atomic E-state index is 12.2. The molecule has 2 amide bonds. The standard InChI is InChI=1S/C16H22F3N3O2/c1-4-7-15(3,20)14(24)22-12-8-11(6-5-10(12)2)13(23)21-9-16(17,18)19/h5-6,8H,4,7,9,20H2,1-3H3,(H,21,23)(H,22,24). The van der Waals surface area contributed by atoms with E-state index in [2.05, 4.69) is 5.32 Å². The number of carbonyl (C=O) groups excluding carboxylic acids is 2. The summed E-state index contributed by atoms with van der Waals surface area (Å²) in [6.07, 6.45) is -3.29. The van der Waals surface area contributed by atoms with Crippen LogP contribution in [0.3, 0.4) is 0 Å². The third-order valence-electron chi connectivity index (χ3n) is 3.49. The molecular formula is C16H22F3N3O2. The molecule has 0 saturated carbocycles. The summed E-state index contributed by atoms with van der Waals surface area (Å²) < 4.78 is 36.5. The molecule has 1 atom stereocenters. The third kappa shape index (κ3) is 5.84. The molecule has 1 aromatic rings. The van der Waals surface area contributed by atoms with Crippen LogP contribution in [0, 0.1) is 6.92 Å². The number of rotatable bonds is 6. The Hall–Kier alpha value is -2.09. The molecule has 0 heterocycles. The Bertz CT molecular complexity index is 613. The normalized spacial score (nSPS) is 14.0. The molecule has 0 radical (unpaired) electrons. The summed E-state index contributed by atoms with van der Waals surface area (Å²) in [4.78, 5) is 24.0. The van der Waals surface area contributed by atoms with Crippen molar-refractivity contribution in [2.75, 3.05) is 11.9 Å². The molecule has 0 spiro atoms. The highest BCUT2D eigenvalue weighted by atomic mass is 19.4. The van der Waals surface area contributed by atoms with Crippen LogP contribution in [0.1, 0.15) is 42.6 Å². The van der Waals surface area contributed by atoms with E-state index in [0.717, 1.165) is 6.42 Å². The minimum atomic E-state index is -4.49. The van der Waals surface area contributed by atoms with Crippen molar-refractivity contribution in [2.45, 2.75) is 45.3 Å². The lowest BCUT2D eigenvalue weighted by Gasteiger charge is -2.23. The van der Waals surface area contributed by atoms with Gasteiger partial charge >= 0.3 is 6.18 Å². The number of alkyl halides is 3. The quantitative estimate of drug-likeness (QED) is 0.741. The number of nitrogens with one attached hydrogen (secondary N) is 2. The van der Waals surface area contributed by atoms with Crippen LogP contribution in [-0.4, -0.2) is 30.1 Å². The molecule has 24 heavy (non-hydrogen) atoms. The number of aryl methyl sites for hydroxylation is 1. The highest BCUT2D eigenvalue weighted by Gasteiger charge is 2.29. The lowest BCUT2D eigenvalue weighted by Crippen LogP contribution is -2.48. The Morgan fingerprint density at radius 2 is 1.88 bits per heavy atom. The third-order valence-corrected chi connectivity index (χ3v) is 3.49. The van der Waals surface area contributed by atoms with Gasteiger partial charge in [-0.3, -0.25) is 9.59 Å². The van der Waals surface area contributed by atoms with Crippen molar-refractivity contribution in [3.63, 3.8) is 0 Å². The molecule has 134 valence electrons. The molecule has 0 aliphatic carbocycles. The number of hydrogen-bond acceptors (Lipinski definition) is 3. The Kier molecular flexibility index (Phi) is 6.36. The fourth-order valence-corrected chi connectivity index (χ4v) is 2.08. The summed E-state index contributed by atoms with van der Waals surface area (Å²) in [6, 6.07) is 4.27. The van der Waals surface area contributed by atoms with Crippen LogP contribution in [0.2, 0.25) is 0 Å². The summed E-state index contributed by atoms with van der Waals surface area (Å²) in [5, 5.41) is 4.42. The number of halogens is 3. The van der Waals surface area contributed by atoms with Gasteiger partial charge in [0.05, 0.1) is 5.54 Å². The van der Waals surface area contributed by atoms with E-state index in [9.17, 15) is 22.8 Å². The Morgan fingerprint density at radius 3 is 2.42 bits per heavy atom. The summed E-state index contributed by atoms with van der Waals surface area (Å²) in [7, 11) is 0. The average molecular weight is 345 g/mol. The average Bonchev–Trinajstić information content (AvgIpc) is 2.46. The molecule has 0 aliphatic heterocycles. The minimum Gasteiger partial charge on any atom is -0.343 e. The SMILES string of the molecule is CCCC(C)(N)C(=O)Nc1cc(C(=O)NCC(F)(F)F)ccc1C. The van der Waals surface area contributed by atoms with E-state index in [0.29, 0.717) is 17.7 Å². The van der Waals surface area contributed by atoms with Crippen molar-refractivity contribution in [1.82, 2.24) is 5.32 Å². The van der Waals surface area contributed by atoms with Crippen LogP contribution in [0.4, 0.5) is 18.9 Å². The molecule has 0 aromatic heterocycles. The van der Waals surface area contributed by atoms with Crippen molar-refractivity contribution in [3.05, 3.63) is 29.3 Å². The number of carbonyl (C=O) groups is 2. The zero-order valence-corrected chi connectivity index (χ0v) is 13.9. The van der Waals surface area contributed by atoms with Crippen molar-refractivity contribution in [1.29, 1.82) is 0 Å².